The van der Waals surface area contributed by atoms with Crippen molar-refractivity contribution in [2.45, 2.75) is 0 Å². The zero-order valence-corrected chi connectivity index (χ0v) is 20.9. The molecule has 0 N–H and O–H groups in total. The number of carbonyl (C=O) groups is 2. The molecule has 0 aromatic heterocycles. The Balaban J connectivity index is 0.00000420. The van der Waals surface area contributed by atoms with E-state index in [-0.39, 0.29) is 52.2 Å². The monoisotopic (exact) mass is 632 g/mol. The molecule has 0 atom stereocenters. The van der Waals surface area contributed by atoms with E-state index in [9.17, 15) is 14.6 Å². The third-order valence-electron chi connectivity index (χ3n) is 2.93. The summed E-state index contributed by atoms with van der Waals surface area (Å²) in [5.41, 5.74) is 0.239. The number of hydrogen-bond donors (Lipinski definition) is 0. The maximum Gasteiger partial charge on any atom is 1.00 e. The van der Waals surface area contributed by atoms with Gasteiger partial charge in [0.25, 0.3) is 0 Å². The van der Waals surface area contributed by atoms with Crippen molar-refractivity contribution in [3.63, 3.8) is 0 Å². The Morgan fingerprint density at radius 3 is 1.55 bits per heavy atom. The number of rotatable bonds is 8. The summed E-state index contributed by atoms with van der Waals surface area (Å²) < 4.78 is 18.5. The molecule has 0 fully saturated rings. The van der Waals surface area contributed by atoms with E-state index in [4.69, 9.17) is 6.13 Å². The van der Waals surface area contributed by atoms with Crippen molar-refractivity contribution in [2.75, 3.05) is 0 Å². The molecule has 0 spiro atoms. The van der Waals surface area contributed by atoms with Gasteiger partial charge in [-0.2, -0.15) is 0 Å². The van der Waals surface area contributed by atoms with Crippen molar-refractivity contribution in [1.82, 2.24) is 0 Å². The summed E-state index contributed by atoms with van der Waals surface area (Å²) in [5, 5.41) is 23.7. The summed E-state index contributed by atoms with van der Waals surface area (Å²) >= 11 is 3.21. The molecule has 0 aliphatic rings. The van der Waals surface area contributed by atoms with Crippen LogP contribution in [0.15, 0.2) is 69.3 Å². The third-order valence-corrected chi connectivity index (χ3v) is 3.88. The number of halogens is 2. The molecular weight excluding hydrogens is 624 g/mol. The van der Waals surface area contributed by atoms with E-state index >= 15 is 0 Å². The van der Waals surface area contributed by atoms with Gasteiger partial charge in [-0.1, -0.05) is 34.5 Å². The fraction of sp³-hybridized carbons (Fsp3) is 0. The first-order chi connectivity index (χ1) is 13.6. The third kappa shape index (κ3) is 8.13. The molecule has 0 radical (unpaired) electrons. The van der Waals surface area contributed by atoms with Gasteiger partial charge in [0.15, 0.2) is 46.0 Å². The number of carbonyl (C=O) groups excluding carboxylic acids is 2. The van der Waals surface area contributed by atoms with Crippen LogP contribution in [-0.2, 0) is 9.51 Å². The average molecular weight is 632 g/mol. The van der Waals surface area contributed by atoms with E-state index in [1.54, 1.807) is 82.4 Å². The first-order valence-electron chi connectivity index (χ1n) is 7.20. The molecule has 2 aromatic rings. The predicted octanol–water partition coefficient (Wildman–Crippen LogP) is 0.242. The molecule has 2 rings (SSSR count). The van der Waals surface area contributed by atoms with E-state index in [1.165, 1.54) is 12.1 Å². The molecule has 0 unspecified atom stereocenters. The van der Waals surface area contributed by atoms with Gasteiger partial charge in [0.1, 0.15) is 11.5 Å². The van der Waals surface area contributed by atoms with Crippen LogP contribution in [0.5, 0.6) is 11.5 Å². The van der Waals surface area contributed by atoms with Crippen molar-refractivity contribution >= 4 is 65.1 Å². The molecule has 15 heteroatoms. The van der Waals surface area contributed by atoms with Gasteiger partial charge >= 0.3 is 48.7 Å². The Bertz CT molecular complexity index is 834. The SMILES string of the molecule is O=C(N=NOB([O-])ON=NC(=O)c1ccccc1OI)c1ccccc1OI.[Na+]. The summed E-state index contributed by atoms with van der Waals surface area (Å²) in [6, 6.07) is 12.5. The summed E-state index contributed by atoms with van der Waals surface area (Å²) in [6.07, 6.45) is 0. The maximum absolute atomic E-state index is 11.9. The summed E-state index contributed by atoms with van der Waals surface area (Å²) in [4.78, 5) is 23.7. The van der Waals surface area contributed by atoms with Crippen LogP contribution >= 0.6 is 46.0 Å². The van der Waals surface area contributed by atoms with Gasteiger partial charge < -0.3 is 20.7 Å². The quantitative estimate of drug-likeness (QED) is 0.176. The van der Waals surface area contributed by atoms with Crippen LogP contribution in [-0.4, -0.2) is 19.1 Å². The minimum Gasteiger partial charge on any atom is -0.805 e. The van der Waals surface area contributed by atoms with Crippen LogP contribution in [0.25, 0.3) is 0 Å². The summed E-state index contributed by atoms with van der Waals surface area (Å²) in [5.74, 6) is -1.06. The first-order valence-corrected chi connectivity index (χ1v) is 8.96. The van der Waals surface area contributed by atoms with E-state index < -0.39 is 19.1 Å². The smallest absolute Gasteiger partial charge is 0.805 e. The molecule has 0 saturated heterocycles. The zero-order chi connectivity index (χ0) is 20.4. The zero-order valence-electron chi connectivity index (χ0n) is 14.6. The van der Waals surface area contributed by atoms with Crippen LogP contribution in [0.1, 0.15) is 20.7 Å². The average Bonchev–Trinajstić information content (AvgIpc) is 2.73. The van der Waals surface area contributed by atoms with Crippen LogP contribution in [0.4, 0.5) is 0 Å². The molecule has 2 aromatic carbocycles. The minimum atomic E-state index is -2.29. The molecule has 0 saturated carbocycles. The van der Waals surface area contributed by atoms with Crippen LogP contribution < -0.4 is 40.7 Å². The second kappa shape index (κ2) is 13.8. The maximum atomic E-state index is 11.9. The van der Waals surface area contributed by atoms with Gasteiger partial charge in [-0.25, -0.2) is 0 Å². The fourth-order valence-corrected chi connectivity index (χ4v) is 2.51. The van der Waals surface area contributed by atoms with E-state index in [2.05, 4.69) is 30.3 Å². The summed E-state index contributed by atoms with van der Waals surface area (Å²) in [7, 11) is -2.29. The largest absolute Gasteiger partial charge is 1.00 e. The van der Waals surface area contributed by atoms with Gasteiger partial charge in [-0.3, -0.25) is 9.59 Å². The Morgan fingerprint density at radius 1 is 0.793 bits per heavy atom. The van der Waals surface area contributed by atoms with Gasteiger partial charge in [0.05, 0.1) is 11.1 Å². The van der Waals surface area contributed by atoms with Crippen molar-refractivity contribution in [3.05, 3.63) is 59.7 Å². The second-order valence-corrected chi connectivity index (χ2v) is 5.50. The Kier molecular flexibility index (Phi) is 12.2. The number of benzene rings is 2. The molecule has 0 aliphatic carbocycles. The number of amides is 2. The van der Waals surface area contributed by atoms with Gasteiger partial charge in [0, 0.05) is 10.6 Å². The van der Waals surface area contributed by atoms with Gasteiger partial charge in [-0.15, -0.1) is 0 Å². The van der Waals surface area contributed by atoms with Crippen LogP contribution in [0.3, 0.4) is 0 Å². The minimum absolute atomic E-state index is 0. The molecule has 144 valence electrons. The predicted molar refractivity (Wildman–Crippen MR) is 108 cm³/mol. The molecule has 11 nitrogen and oxygen atoms in total. The van der Waals surface area contributed by atoms with E-state index in [1.807, 2.05) is 0 Å². The number of nitrogens with zero attached hydrogens (tertiary/aromatic N) is 4. The molecule has 0 aliphatic heterocycles. The second-order valence-electron chi connectivity index (χ2n) is 4.62. The number of para-hydroxylation sites is 2. The number of hydrogen-bond acceptors (Lipinski definition) is 9. The van der Waals surface area contributed by atoms with E-state index in [0.717, 1.165) is 0 Å². The molecule has 2 amide bonds. The Hall–Kier alpha value is -1.34. The van der Waals surface area contributed by atoms with Crippen molar-refractivity contribution < 1.29 is 59.8 Å². The Morgan fingerprint density at radius 2 is 1.17 bits per heavy atom. The van der Waals surface area contributed by atoms with Gasteiger partial charge in [0.2, 0.25) is 0 Å². The van der Waals surface area contributed by atoms with Crippen LogP contribution in [0, 0.1) is 0 Å². The topological polar surface area (TPSA) is 144 Å². The summed E-state index contributed by atoms with van der Waals surface area (Å²) in [6.45, 7) is 0. The standard InChI is InChI=1S/C14H8BI2N4O7.Na/c16-25-11-7-3-1-5-9(11)13(22)18-20-27-15(24)28-21-19-14(23)10-6-2-4-8-12(10)26-17;/h1-8H;/q-1;+1. The first kappa shape index (κ1) is 25.7. The van der Waals surface area contributed by atoms with Crippen molar-refractivity contribution in [3.8, 4) is 11.5 Å². The molecule has 0 bridgehead atoms. The molecular formula is C14H8BI2N4NaO7. The van der Waals surface area contributed by atoms with E-state index in [0.29, 0.717) is 0 Å². The normalized spacial score (nSPS) is 10.3. The Labute approximate surface area is 215 Å². The van der Waals surface area contributed by atoms with Crippen molar-refractivity contribution in [1.29, 1.82) is 0 Å². The van der Waals surface area contributed by atoms with Gasteiger partial charge in [-0.05, 0) is 24.3 Å². The van der Waals surface area contributed by atoms with Crippen molar-refractivity contribution in [2.24, 2.45) is 20.8 Å². The molecule has 29 heavy (non-hydrogen) atoms. The molecule has 0 heterocycles. The fourth-order valence-electron chi connectivity index (χ4n) is 1.75. The van der Waals surface area contributed by atoms with Crippen LogP contribution in [0.2, 0.25) is 0 Å².